The lowest BCUT2D eigenvalue weighted by molar-refractivity contribution is -0.139. The van der Waals surface area contributed by atoms with E-state index in [-0.39, 0.29) is 31.3 Å². The minimum Gasteiger partial charge on any atom is -0.462 e. The minimum atomic E-state index is -3.80. The van der Waals surface area contributed by atoms with Gasteiger partial charge < -0.3 is 24.3 Å². The number of rotatable bonds is 7. The quantitative estimate of drug-likeness (QED) is 0.560. The predicted octanol–water partition coefficient (Wildman–Crippen LogP) is 3.77. The molecule has 1 aliphatic rings. The topological polar surface area (TPSA) is 97.1 Å². The van der Waals surface area contributed by atoms with Crippen molar-refractivity contribution in [1.82, 2.24) is 0 Å². The van der Waals surface area contributed by atoms with Crippen LogP contribution in [0, 0.1) is 0 Å². The van der Waals surface area contributed by atoms with Crippen molar-refractivity contribution in [3.05, 3.63) is 40.2 Å². The van der Waals surface area contributed by atoms with Crippen LogP contribution in [0.4, 0.5) is 0 Å². The zero-order chi connectivity index (χ0) is 18.6. The third kappa shape index (κ3) is 4.01. The molecule has 0 fully saturated rings. The first-order valence-corrected chi connectivity index (χ1v) is 9.89. The van der Waals surface area contributed by atoms with E-state index in [0.29, 0.717) is 16.3 Å². The molecule has 1 atom stereocenters. The zero-order valence-electron chi connectivity index (χ0n) is 14.3. The van der Waals surface area contributed by atoms with Gasteiger partial charge in [0.05, 0.1) is 19.8 Å². The van der Waals surface area contributed by atoms with Crippen molar-refractivity contribution < 1.29 is 27.9 Å². The number of carbonyl (C=O) groups is 1. The van der Waals surface area contributed by atoms with Crippen molar-refractivity contribution in [3.8, 4) is 5.75 Å². The van der Waals surface area contributed by atoms with E-state index in [1.807, 2.05) is 0 Å². The van der Waals surface area contributed by atoms with Crippen LogP contribution in [0.3, 0.4) is 0 Å². The summed E-state index contributed by atoms with van der Waals surface area (Å²) in [4.78, 5) is 12.5. The lowest BCUT2D eigenvalue weighted by Gasteiger charge is -2.32. The van der Waals surface area contributed by atoms with Crippen LogP contribution in [0.25, 0.3) is 0 Å². The van der Waals surface area contributed by atoms with Gasteiger partial charge in [0.15, 0.2) is 0 Å². The molecule has 0 amide bonds. The first-order valence-electron chi connectivity index (χ1n) is 7.90. The van der Waals surface area contributed by atoms with Gasteiger partial charge in [0.1, 0.15) is 17.0 Å². The Morgan fingerprint density at radius 2 is 1.88 bits per heavy atom. The fourth-order valence-corrected chi connectivity index (χ4v) is 4.95. The van der Waals surface area contributed by atoms with Crippen molar-refractivity contribution in [2.45, 2.75) is 26.4 Å². The number of hydrogen-bond donors (Lipinski definition) is 1. The van der Waals surface area contributed by atoms with Gasteiger partial charge in [0.2, 0.25) is 5.88 Å². The van der Waals surface area contributed by atoms with E-state index in [4.69, 9.17) is 35.9 Å². The van der Waals surface area contributed by atoms with Crippen LogP contribution in [0.1, 0.15) is 32.0 Å². The highest BCUT2D eigenvalue weighted by Gasteiger charge is 2.48. The lowest BCUT2D eigenvalue weighted by atomic mass is 10.0. The van der Waals surface area contributed by atoms with Crippen LogP contribution in [0.5, 0.6) is 5.75 Å². The summed E-state index contributed by atoms with van der Waals surface area (Å²) in [5, 5.41) is 0.385. The molecule has 2 N–H and O–H groups in total. The summed E-state index contributed by atoms with van der Waals surface area (Å²) in [5.74, 6) is -0.604. The third-order valence-corrected chi connectivity index (χ3v) is 6.09. The molecule has 0 saturated carbocycles. The highest BCUT2D eigenvalue weighted by atomic mass is 35.5. The minimum absolute atomic E-state index is 0.0955. The molecule has 0 aliphatic carbocycles. The van der Waals surface area contributed by atoms with Gasteiger partial charge in [0.25, 0.3) is 0 Å². The van der Waals surface area contributed by atoms with Crippen molar-refractivity contribution in [2.24, 2.45) is 5.73 Å². The van der Waals surface area contributed by atoms with E-state index in [2.05, 4.69) is 0 Å². The molecule has 1 aromatic carbocycles. The molecule has 2 rings (SSSR count). The molecule has 0 bridgehead atoms. The Bertz CT molecular complexity index is 725. The van der Waals surface area contributed by atoms with Gasteiger partial charge in [-0.2, -0.15) is 0 Å². The molecule has 7 nitrogen and oxygen atoms in total. The monoisotopic (exact) mass is 389 g/mol. The second-order valence-electron chi connectivity index (χ2n) is 5.06. The molecule has 138 valence electrons. The standard InChI is InChI=1S/C16H21ClNO6P/c1-4-21-16(19)13-14(25(20,22-5-2)23-6-3)11-9-10(17)7-8-12(11)24-15(13)18/h7-9,14H,4-6,18H2,1-3H3. The van der Waals surface area contributed by atoms with Gasteiger partial charge in [0, 0.05) is 10.6 Å². The van der Waals surface area contributed by atoms with Crippen molar-refractivity contribution in [2.75, 3.05) is 19.8 Å². The molecule has 9 heteroatoms. The summed E-state index contributed by atoms with van der Waals surface area (Å²) < 4.78 is 34.9. The van der Waals surface area contributed by atoms with Gasteiger partial charge in [-0.1, -0.05) is 11.6 Å². The molecule has 0 aromatic heterocycles. The highest BCUT2D eigenvalue weighted by Crippen LogP contribution is 2.66. The molecule has 0 saturated heterocycles. The molecule has 0 radical (unpaired) electrons. The van der Waals surface area contributed by atoms with E-state index in [1.165, 1.54) is 0 Å². The van der Waals surface area contributed by atoms with Crippen LogP contribution in [-0.4, -0.2) is 25.8 Å². The number of ether oxygens (including phenoxy) is 2. The summed E-state index contributed by atoms with van der Waals surface area (Å²) in [7, 11) is -3.80. The average Bonchev–Trinajstić information content (AvgIpc) is 2.54. The van der Waals surface area contributed by atoms with E-state index >= 15 is 0 Å². The van der Waals surface area contributed by atoms with Crippen LogP contribution >= 0.6 is 19.2 Å². The molecular weight excluding hydrogens is 369 g/mol. The van der Waals surface area contributed by atoms with E-state index in [9.17, 15) is 9.36 Å². The summed E-state index contributed by atoms with van der Waals surface area (Å²) in [6.07, 6.45) is 0. The van der Waals surface area contributed by atoms with Crippen LogP contribution in [0.15, 0.2) is 29.7 Å². The lowest BCUT2D eigenvalue weighted by Crippen LogP contribution is -2.28. The van der Waals surface area contributed by atoms with Crippen LogP contribution in [-0.2, 0) is 23.1 Å². The maximum Gasteiger partial charge on any atom is 0.343 e. The molecule has 1 heterocycles. The van der Waals surface area contributed by atoms with E-state index < -0.39 is 19.2 Å². The Balaban J connectivity index is 2.68. The van der Waals surface area contributed by atoms with E-state index in [1.54, 1.807) is 39.0 Å². The largest absolute Gasteiger partial charge is 0.462 e. The number of nitrogens with two attached hydrogens (primary N) is 1. The third-order valence-electron chi connectivity index (χ3n) is 3.45. The normalized spacial score (nSPS) is 17.0. The predicted molar refractivity (Wildman–Crippen MR) is 93.5 cm³/mol. The number of carbonyl (C=O) groups excluding carboxylic acids is 1. The van der Waals surface area contributed by atoms with Crippen molar-refractivity contribution >= 4 is 25.2 Å². The highest BCUT2D eigenvalue weighted by molar-refractivity contribution is 7.54. The summed E-state index contributed by atoms with van der Waals surface area (Å²) in [6.45, 7) is 5.39. The number of esters is 1. The Morgan fingerprint density at radius 1 is 1.24 bits per heavy atom. The Kier molecular flexibility index (Phi) is 6.52. The molecule has 25 heavy (non-hydrogen) atoms. The Hall–Kier alpha value is -1.53. The molecule has 1 unspecified atom stereocenters. The smallest absolute Gasteiger partial charge is 0.343 e. The average molecular weight is 390 g/mol. The zero-order valence-corrected chi connectivity index (χ0v) is 15.9. The van der Waals surface area contributed by atoms with Crippen molar-refractivity contribution in [1.29, 1.82) is 0 Å². The summed E-state index contributed by atoms with van der Waals surface area (Å²) in [6, 6.07) is 4.74. The van der Waals surface area contributed by atoms with E-state index in [0.717, 1.165) is 0 Å². The van der Waals surface area contributed by atoms with Crippen LogP contribution in [0.2, 0.25) is 5.02 Å². The maximum absolute atomic E-state index is 13.5. The van der Waals surface area contributed by atoms with Gasteiger partial charge in [-0.3, -0.25) is 4.57 Å². The van der Waals surface area contributed by atoms with Crippen molar-refractivity contribution in [3.63, 3.8) is 0 Å². The van der Waals surface area contributed by atoms with Gasteiger partial charge >= 0.3 is 13.6 Å². The van der Waals surface area contributed by atoms with Gasteiger partial charge in [-0.15, -0.1) is 0 Å². The summed E-state index contributed by atoms with van der Waals surface area (Å²) >= 11 is 6.08. The number of hydrogen-bond acceptors (Lipinski definition) is 7. The number of halogens is 1. The maximum atomic E-state index is 13.5. The first kappa shape index (κ1) is 19.8. The second kappa shape index (κ2) is 8.23. The second-order valence-corrected chi connectivity index (χ2v) is 7.61. The Morgan fingerprint density at radius 3 is 2.44 bits per heavy atom. The Labute approximate surface area is 151 Å². The first-order chi connectivity index (χ1) is 11.9. The number of fused-ring (bicyclic) bond motifs is 1. The molecular formula is C16H21ClNO6P. The SMILES string of the molecule is CCOC(=O)C1=C(N)Oc2ccc(Cl)cc2C1P(=O)(OCC)OCC. The molecule has 1 aromatic rings. The summed E-state index contributed by atoms with van der Waals surface area (Å²) in [5.41, 5.74) is 5.15. The number of benzene rings is 1. The molecule has 0 spiro atoms. The molecule has 1 aliphatic heterocycles. The van der Waals surface area contributed by atoms with Gasteiger partial charge in [-0.25, -0.2) is 4.79 Å². The van der Waals surface area contributed by atoms with Gasteiger partial charge in [-0.05, 0) is 39.0 Å². The van der Waals surface area contributed by atoms with Crippen LogP contribution < -0.4 is 10.5 Å². The fraction of sp³-hybridized carbons (Fsp3) is 0.438. The fourth-order valence-electron chi connectivity index (χ4n) is 2.59.